The largest absolute Gasteiger partial charge is 0.392 e. The first-order chi connectivity index (χ1) is 10.4. The zero-order chi connectivity index (χ0) is 14.5. The number of aliphatic hydroxyl groups is 1. The molecular formula is C17H17N3O. The van der Waals surface area contributed by atoms with Crippen molar-refractivity contribution in [1.29, 1.82) is 0 Å². The van der Waals surface area contributed by atoms with Crippen molar-refractivity contribution in [3.8, 4) is 5.69 Å². The second-order valence-corrected chi connectivity index (χ2v) is 4.80. The van der Waals surface area contributed by atoms with Crippen LogP contribution in [0.1, 0.15) is 11.1 Å². The van der Waals surface area contributed by atoms with E-state index < -0.39 is 0 Å². The Morgan fingerprint density at radius 2 is 1.71 bits per heavy atom. The first-order valence-electron chi connectivity index (χ1n) is 6.88. The summed E-state index contributed by atoms with van der Waals surface area (Å²) < 4.78 is 1.84. The van der Waals surface area contributed by atoms with Gasteiger partial charge in [0.2, 0.25) is 0 Å². The van der Waals surface area contributed by atoms with Gasteiger partial charge in [-0.25, -0.2) is 4.68 Å². The van der Waals surface area contributed by atoms with Gasteiger partial charge in [-0.05, 0) is 29.3 Å². The van der Waals surface area contributed by atoms with Gasteiger partial charge in [-0.2, -0.15) is 5.10 Å². The third-order valence-corrected chi connectivity index (χ3v) is 3.34. The molecular weight excluding hydrogens is 262 g/mol. The molecule has 0 aliphatic rings. The van der Waals surface area contributed by atoms with Crippen molar-refractivity contribution < 1.29 is 5.11 Å². The topological polar surface area (TPSA) is 50.1 Å². The second-order valence-electron chi connectivity index (χ2n) is 4.80. The molecule has 21 heavy (non-hydrogen) atoms. The molecule has 0 saturated heterocycles. The van der Waals surface area contributed by atoms with Crippen molar-refractivity contribution >= 4 is 5.69 Å². The van der Waals surface area contributed by atoms with Gasteiger partial charge in [0.25, 0.3) is 0 Å². The molecule has 0 aliphatic carbocycles. The molecule has 3 aromatic rings. The summed E-state index contributed by atoms with van der Waals surface area (Å²) in [6.45, 7) is 0.805. The lowest BCUT2D eigenvalue weighted by molar-refractivity contribution is 0.282. The lowest BCUT2D eigenvalue weighted by atomic mass is 10.1. The molecule has 4 heteroatoms. The van der Waals surface area contributed by atoms with Gasteiger partial charge in [-0.1, -0.05) is 36.4 Å². The number of nitrogens with zero attached hydrogens (tertiary/aromatic N) is 2. The fraction of sp³-hybridized carbons (Fsp3) is 0.118. The van der Waals surface area contributed by atoms with E-state index in [4.69, 9.17) is 5.11 Å². The number of anilines is 1. The number of aliphatic hydroxyl groups excluding tert-OH is 1. The zero-order valence-corrected chi connectivity index (χ0v) is 11.6. The van der Waals surface area contributed by atoms with Crippen LogP contribution in [0.2, 0.25) is 0 Å². The highest BCUT2D eigenvalue weighted by atomic mass is 16.3. The first-order valence-corrected chi connectivity index (χ1v) is 6.88. The number of aromatic nitrogens is 2. The molecule has 0 bridgehead atoms. The Bertz CT molecular complexity index is 690. The Balaban J connectivity index is 1.76. The molecule has 0 saturated carbocycles. The van der Waals surface area contributed by atoms with E-state index in [0.29, 0.717) is 0 Å². The van der Waals surface area contributed by atoms with Crippen molar-refractivity contribution in [3.63, 3.8) is 0 Å². The van der Waals surface area contributed by atoms with E-state index in [0.717, 1.165) is 23.5 Å². The van der Waals surface area contributed by atoms with Gasteiger partial charge in [-0.15, -0.1) is 0 Å². The molecule has 0 unspecified atom stereocenters. The van der Waals surface area contributed by atoms with Crippen LogP contribution in [0.3, 0.4) is 0 Å². The standard InChI is InChI=1S/C17H17N3O/c21-13-15-8-6-14(7-9-15)12-18-16-4-1-2-5-17(16)20-11-3-10-19-20/h1-11,18,21H,12-13H2. The van der Waals surface area contributed by atoms with Crippen molar-refractivity contribution in [1.82, 2.24) is 9.78 Å². The Morgan fingerprint density at radius 3 is 2.43 bits per heavy atom. The number of rotatable bonds is 5. The summed E-state index contributed by atoms with van der Waals surface area (Å²) >= 11 is 0. The number of para-hydroxylation sites is 2. The zero-order valence-electron chi connectivity index (χ0n) is 11.6. The minimum atomic E-state index is 0.0792. The van der Waals surface area contributed by atoms with Crippen LogP contribution in [0.5, 0.6) is 0 Å². The molecule has 2 N–H and O–H groups in total. The minimum absolute atomic E-state index is 0.0792. The Kier molecular flexibility index (Phi) is 3.98. The third kappa shape index (κ3) is 3.12. The molecule has 0 amide bonds. The van der Waals surface area contributed by atoms with E-state index in [1.165, 1.54) is 5.56 Å². The quantitative estimate of drug-likeness (QED) is 0.755. The number of nitrogens with one attached hydrogen (secondary N) is 1. The monoisotopic (exact) mass is 279 g/mol. The van der Waals surface area contributed by atoms with Gasteiger partial charge in [0.15, 0.2) is 0 Å². The van der Waals surface area contributed by atoms with E-state index in [1.54, 1.807) is 6.20 Å². The molecule has 0 fully saturated rings. The maximum atomic E-state index is 9.05. The van der Waals surface area contributed by atoms with Crippen LogP contribution in [0, 0.1) is 0 Å². The maximum absolute atomic E-state index is 9.05. The second kappa shape index (κ2) is 6.24. The van der Waals surface area contributed by atoms with Gasteiger partial charge in [0.05, 0.1) is 18.0 Å². The van der Waals surface area contributed by atoms with Gasteiger partial charge in [-0.3, -0.25) is 0 Å². The molecule has 2 aromatic carbocycles. The summed E-state index contributed by atoms with van der Waals surface area (Å²) in [5.74, 6) is 0. The number of benzene rings is 2. The molecule has 3 rings (SSSR count). The highest BCUT2D eigenvalue weighted by Gasteiger charge is 2.03. The van der Waals surface area contributed by atoms with Crippen molar-refractivity contribution in [2.75, 3.05) is 5.32 Å². The molecule has 0 atom stereocenters. The number of hydrogen-bond acceptors (Lipinski definition) is 3. The molecule has 106 valence electrons. The summed E-state index contributed by atoms with van der Waals surface area (Å²) in [7, 11) is 0. The Morgan fingerprint density at radius 1 is 0.952 bits per heavy atom. The fourth-order valence-electron chi connectivity index (χ4n) is 2.19. The molecule has 1 heterocycles. The lowest BCUT2D eigenvalue weighted by Crippen LogP contribution is -2.04. The van der Waals surface area contributed by atoms with Crippen LogP contribution in [0.25, 0.3) is 5.69 Å². The molecule has 4 nitrogen and oxygen atoms in total. The Hall–Kier alpha value is -2.59. The highest BCUT2D eigenvalue weighted by Crippen LogP contribution is 2.19. The van der Waals surface area contributed by atoms with Crippen LogP contribution >= 0.6 is 0 Å². The van der Waals surface area contributed by atoms with Crippen LogP contribution in [-0.2, 0) is 13.2 Å². The van der Waals surface area contributed by atoms with Crippen molar-refractivity contribution in [2.24, 2.45) is 0 Å². The fourth-order valence-corrected chi connectivity index (χ4v) is 2.19. The molecule has 0 aliphatic heterocycles. The SMILES string of the molecule is OCc1ccc(CNc2ccccc2-n2cccn2)cc1. The molecule has 0 spiro atoms. The normalized spacial score (nSPS) is 10.5. The van der Waals surface area contributed by atoms with Crippen LogP contribution in [0.4, 0.5) is 5.69 Å². The summed E-state index contributed by atoms with van der Waals surface area (Å²) in [5.41, 5.74) is 4.15. The summed E-state index contributed by atoms with van der Waals surface area (Å²) in [6, 6.07) is 17.9. The van der Waals surface area contributed by atoms with Gasteiger partial charge in [0, 0.05) is 18.9 Å². The first kappa shape index (κ1) is 13.4. The van der Waals surface area contributed by atoms with Crippen LogP contribution < -0.4 is 5.32 Å². The Labute approximate surface area is 123 Å². The molecule has 1 aromatic heterocycles. The highest BCUT2D eigenvalue weighted by molar-refractivity contribution is 5.60. The van der Waals surface area contributed by atoms with E-state index >= 15 is 0 Å². The van der Waals surface area contributed by atoms with Crippen molar-refractivity contribution in [2.45, 2.75) is 13.2 Å². The predicted molar refractivity (Wildman–Crippen MR) is 83.3 cm³/mol. The smallest absolute Gasteiger partial charge is 0.0876 e. The van der Waals surface area contributed by atoms with Crippen molar-refractivity contribution in [3.05, 3.63) is 78.1 Å². The number of hydrogen-bond donors (Lipinski definition) is 2. The minimum Gasteiger partial charge on any atom is -0.392 e. The van der Waals surface area contributed by atoms with Crippen LogP contribution in [0.15, 0.2) is 67.0 Å². The maximum Gasteiger partial charge on any atom is 0.0876 e. The van der Waals surface area contributed by atoms with Crippen LogP contribution in [-0.4, -0.2) is 14.9 Å². The van der Waals surface area contributed by atoms with E-state index in [2.05, 4.69) is 10.4 Å². The van der Waals surface area contributed by atoms with Gasteiger partial charge < -0.3 is 10.4 Å². The predicted octanol–water partition coefficient (Wildman–Crippen LogP) is 2.98. The van der Waals surface area contributed by atoms with E-state index in [1.807, 2.05) is 65.5 Å². The summed E-state index contributed by atoms with van der Waals surface area (Å²) in [6.07, 6.45) is 3.70. The third-order valence-electron chi connectivity index (χ3n) is 3.34. The summed E-state index contributed by atoms with van der Waals surface area (Å²) in [5, 5.41) is 16.8. The lowest BCUT2D eigenvalue weighted by Gasteiger charge is -2.12. The summed E-state index contributed by atoms with van der Waals surface area (Å²) in [4.78, 5) is 0. The van der Waals surface area contributed by atoms with Gasteiger partial charge in [0.1, 0.15) is 0 Å². The van der Waals surface area contributed by atoms with E-state index in [9.17, 15) is 0 Å². The van der Waals surface area contributed by atoms with E-state index in [-0.39, 0.29) is 6.61 Å². The average molecular weight is 279 g/mol. The molecule has 0 radical (unpaired) electrons. The van der Waals surface area contributed by atoms with Gasteiger partial charge >= 0.3 is 0 Å². The average Bonchev–Trinajstić information content (AvgIpc) is 3.08.